The van der Waals surface area contributed by atoms with E-state index >= 15 is 0 Å². The smallest absolute Gasteiger partial charge is 0.173 e. The van der Waals surface area contributed by atoms with Gasteiger partial charge >= 0.3 is 0 Å². The lowest BCUT2D eigenvalue weighted by atomic mass is 10.1. The highest BCUT2D eigenvalue weighted by Crippen LogP contribution is 2.38. The topological polar surface area (TPSA) is 87.2 Å². The van der Waals surface area contributed by atoms with Gasteiger partial charge in [0.2, 0.25) is 0 Å². The fourth-order valence-electron chi connectivity index (χ4n) is 7.70. The first-order chi connectivity index (χ1) is 27.3. The Morgan fingerprint density at radius 1 is 0.364 bits per heavy atom. The zero-order valence-corrected chi connectivity index (χ0v) is 30.0. The first kappa shape index (κ1) is 31.2. The maximum atomic E-state index is 5.11. The van der Waals surface area contributed by atoms with Crippen molar-refractivity contribution in [2.45, 2.75) is 0 Å². The average Bonchev–Trinajstić information content (AvgIpc) is 3.97. The van der Waals surface area contributed by atoms with Gasteiger partial charge in [0.1, 0.15) is 5.01 Å². The summed E-state index contributed by atoms with van der Waals surface area (Å²) in [6.07, 6.45) is 7.10. The van der Waals surface area contributed by atoms with Gasteiger partial charge in [0.25, 0.3) is 0 Å². The normalized spacial score (nSPS) is 11.6. The van der Waals surface area contributed by atoms with Gasteiger partial charge in [-0.05, 0) is 96.5 Å². The number of nitrogens with zero attached hydrogens (tertiary/aromatic N) is 8. The molecular formula is C46H28N8S. The molecule has 8 nitrogen and oxygen atoms in total. The van der Waals surface area contributed by atoms with E-state index in [2.05, 4.69) is 150 Å². The second-order valence-corrected chi connectivity index (χ2v) is 14.1. The first-order valence-electron chi connectivity index (χ1n) is 17.9. The molecular weight excluding hydrogens is 697 g/mol. The summed E-state index contributed by atoms with van der Waals surface area (Å²) in [5.41, 5.74) is 10.5. The summed E-state index contributed by atoms with van der Waals surface area (Å²) in [4.78, 5) is 23.0. The van der Waals surface area contributed by atoms with E-state index in [-0.39, 0.29) is 0 Å². The quantitative estimate of drug-likeness (QED) is 0.170. The van der Waals surface area contributed by atoms with Gasteiger partial charge in [-0.25, -0.2) is 24.9 Å². The molecule has 0 saturated carbocycles. The number of benzene rings is 6. The van der Waals surface area contributed by atoms with Crippen LogP contribution in [0.4, 0.5) is 0 Å². The Morgan fingerprint density at radius 2 is 0.836 bits per heavy atom. The van der Waals surface area contributed by atoms with E-state index in [0.29, 0.717) is 17.5 Å². The molecule has 0 radical (unpaired) electrons. The third-order valence-corrected chi connectivity index (χ3v) is 10.9. The summed E-state index contributed by atoms with van der Waals surface area (Å²) >= 11 is 1.43. The highest BCUT2D eigenvalue weighted by molar-refractivity contribution is 7.09. The van der Waals surface area contributed by atoms with E-state index in [1.54, 1.807) is 24.8 Å². The van der Waals surface area contributed by atoms with Crippen LogP contribution in [0.1, 0.15) is 0 Å². The van der Waals surface area contributed by atoms with Crippen molar-refractivity contribution in [1.29, 1.82) is 0 Å². The molecule has 0 fully saturated rings. The summed E-state index contributed by atoms with van der Waals surface area (Å²) in [7, 11) is 0. The van der Waals surface area contributed by atoms with Gasteiger partial charge in [0.05, 0.1) is 22.1 Å². The predicted molar refractivity (Wildman–Crippen MR) is 222 cm³/mol. The van der Waals surface area contributed by atoms with Crippen molar-refractivity contribution in [3.8, 4) is 56.1 Å². The lowest BCUT2D eigenvalue weighted by Crippen LogP contribution is -1.95. The molecule has 0 spiro atoms. The van der Waals surface area contributed by atoms with Crippen LogP contribution in [0.25, 0.3) is 99.7 Å². The molecule has 9 heteroatoms. The van der Waals surface area contributed by atoms with Gasteiger partial charge in [-0.15, -0.1) is 0 Å². The van der Waals surface area contributed by atoms with Crippen LogP contribution in [0.5, 0.6) is 0 Å². The molecule has 11 aromatic rings. The molecule has 5 heterocycles. The molecule has 0 aliphatic rings. The standard InChI is InChI=1S/C46H28N8S/c1-3-15-39-35(13-1)37-27-31(17-19-41(37)53(39)33-11-5-9-29(25-33)43-47-21-7-22-48-43)45-51-46(55-52-45)32-18-20-42-38(28-32)36-14-2-4-16-40(36)54(42)34-12-6-10-30(26-34)44-49-23-8-24-50-44/h1-28H. The SMILES string of the molecule is c1cnc(-c2cccc(-n3c4ccccc4c4cc(-c5nsc(-c6ccc7c(c6)c6ccccc6n7-c6cccc(-c7ncccn7)c6)n5)ccc43)c2)nc1. The second kappa shape index (κ2) is 12.6. The molecule has 0 atom stereocenters. The van der Waals surface area contributed by atoms with Gasteiger partial charge in [-0.1, -0.05) is 60.7 Å². The van der Waals surface area contributed by atoms with E-state index in [0.717, 1.165) is 71.5 Å². The van der Waals surface area contributed by atoms with Crippen LogP contribution in [-0.4, -0.2) is 38.4 Å². The first-order valence-corrected chi connectivity index (χ1v) is 18.7. The molecule has 6 aromatic carbocycles. The number of aromatic nitrogens is 8. The van der Waals surface area contributed by atoms with Crippen LogP contribution in [0.3, 0.4) is 0 Å². The van der Waals surface area contributed by atoms with E-state index in [9.17, 15) is 0 Å². The summed E-state index contributed by atoms with van der Waals surface area (Å²) in [5, 5.41) is 5.51. The van der Waals surface area contributed by atoms with Crippen LogP contribution in [0, 0.1) is 0 Å². The van der Waals surface area contributed by atoms with Crippen LogP contribution >= 0.6 is 11.5 Å². The van der Waals surface area contributed by atoms with E-state index < -0.39 is 0 Å². The van der Waals surface area contributed by atoms with Crippen LogP contribution in [0.15, 0.2) is 170 Å². The Bertz CT molecular complexity index is 3000. The molecule has 0 amide bonds. The van der Waals surface area contributed by atoms with Crippen molar-refractivity contribution in [3.05, 3.63) is 170 Å². The summed E-state index contributed by atoms with van der Waals surface area (Å²) in [5.74, 6) is 2.12. The molecule has 0 unspecified atom stereocenters. The van der Waals surface area contributed by atoms with Gasteiger partial charge < -0.3 is 9.13 Å². The molecule has 0 N–H and O–H groups in total. The van der Waals surface area contributed by atoms with Crippen LogP contribution in [-0.2, 0) is 0 Å². The zero-order valence-electron chi connectivity index (χ0n) is 29.2. The number of para-hydroxylation sites is 2. The average molecular weight is 725 g/mol. The van der Waals surface area contributed by atoms with Crippen LogP contribution < -0.4 is 0 Å². The zero-order chi connectivity index (χ0) is 36.3. The number of rotatable bonds is 6. The van der Waals surface area contributed by atoms with Gasteiger partial charge in [0, 0.05) is 80.0 Å². The minimum atomic E-state index is 0.701. The third kappa shape index (κ3) is 5.20. The van der Waals surface area contributed by atoms with Crippen molar-refractivity contribution < 1.29 is 0 Å². The van der Waals surface area contributed by atoms with Crippen molar-refractivity contribution in [1.82, 2.24) is 38.4 Å². The molecule has 11 rings (SSSR count). The maximum absolute atomic E-state index is 5.11. The fraction of sp³-hybridized carbons (Fsp3) is 0. The van der Waals surface area contributed by atoms with Crippen molar-refractivity contribution in [3.63, 3.8) is 0 Å². The molecule has 0 aliphatic heterocycles. The number of fused-ring (bicyclic) bond motifs is 6. The Hall–Kier alpha value is -7.36. The highest BCUT2D eigenvalue weighted by atomic mass is 32.1. The monoisotopic (exact) mass is 724 g/mol. The maximum Gasteiger partial charge on any atom is 0.173 e. The lowest BCUT2D eigenvalue weighted by Gasteiger charge is -2.10. The minimum absolute atomic E-state index is 0.701. The van der Waals surface area contributed by atoms with Crippen molar-refractivity contribution in [2.24, 2.45) is 0 Å². The van der Waals surface area contributed by atoms with Crippen LogP contribution in [0.2, 0.25) is 0 Å². The number of hydrogen-bond donors (Lipinski definition) is 0. The second-order valence-electron chi connectivity index (χ2n) is 13.3. The van der Waals surface area contributed by atoms with Crippen molar-refractivity contribution in [2.75, 3.05) is 0 Å². The van der Waals surface area contributed by atoms with E-state index in [1.807, 2.05) is 24.3 Å². The Morgan fingerprint density at radius 3 is 1.40 bits per heavy atom. The fourth-order valence-corrected chi connectivity index (χ4v) is 8.38. The summed E-state index contributed by atoms with van der Waals surface area (Å²) in [6.45, 7) is 0. The van der Waals surface area contributed by atoms with Gasteiger partial charge in [-0.2, -0.15) is 4.37 Å². The molecule has 5 aromatic heterocycles. The Labute approximate surface area is 318 Å². The summed E-state index contributed by atoms with van der Waals surface area (Å²) in [6, 6.07) is 50.6. The Balaban J connectivity index is 0.984. The molecule has 0 bridgehead atoms. The lowest BCUT2D eigenvalue weighted by molar-refractivity contribution is 1.15. The molecule has 0 aliphatic carbocycles. The minimum Gasteiger partial charge on any atom is -0.309 e. The van der Waals surface area contributed by atoms with Gasteiger partial charge in [0.15, 0.2) is 17.5 Å². The molecule has 55 heavy (non-hydrogen) atoms. The largest absolute Gasteiger partial charge is 0.309 e. The Kier molecular flexibility index (Phi) is 7.17. The predicted octanol–water partition coefficient (Wildman–Crippen LogP) is 11.0. The summed E-state index contributed by atoms with van der Waals surface area (Å²) < 4.78 is 9.50. The van der Waals surface area contributed by atoms with E-state index in [1.165, 1.54) is 22.3 Å². The van der Waals surface area contributed by atoms with Crippen molar-refractivity contribution >= 4 is 55.1 Å². The molecule has 0 saturated heterocycles. The van der Waals surface area contributed by atoms with Gasteiger partial charge in [-0.3, -0.25) is 0 Å². The van der Waals surface area contributed by atoms with E-state index in [4.69, 9.17) is 9.36 Å². The number of hydrogen-bond acceptors (Lipinski definition) is 7. The molecule has 258 valence electrons. The highest BCUT2D eigenvalue weighted by Gasteiger charge is 2.18. The third-order valence-electron chi connectivity index (χ3n) is 10.1.